The second-order valence-electron chi connectivity index (χ2n) is 10.5. The van der Waals surface area contributed by atoms with Gasteiger partial charge in [-0.15, -0.1) is 0 Å². The van der Waals surface area contributed by atoms with Crippen LogP contribution >= 0.6 is 0 Å². The van der Waals surface area contributed by atoms with Gasteiger partial charge in [0.2, 0.25) is 0 Å². The minimum atomic E-state index is -1.18. The maximum Gasteiger partial charge on any atom is 0.311 e. The minimum Gasteiger partial charge on any atom is -0.550 e. The Morgan fingerprint density at radius 3 is 1.49 bits per heavy atom. The molecule has 3 atom stereocenters. The van der Waals surface area contributed by atoms with Gasteiger partial charge in [-0.1, -0.05) is 70.9 Å². The third kappa shape index (κ3) is 16.4. The zero-order valence-electron chi connectivity index (χ0n) is 22.7. The Bertz CT molecular complexity index is 578. The Morgan fingerprint density at radius 2 is 1.09 bits per heavy atom. The van der Waals surface area contributed by atoms with Crippen LogP contribution in [0.15, 0.2) is 12.2 Å². The van der Waals surface area contributed by atoms with Crippen molar-refractivity contribution in [1.29, 1.82) is 0 Å². The van der Waals surface area contributed by atoms with Crippen LogP contribution in [0.1, 0.15) is 105 Å². The Kier molecular flexibility index (Phi) is 18.3. The fraction of sp³-hybridized carbons (Fsp3) is 0.821. The van der Waals surface area contributed by atoms with E-state index in [4.69, 9.17) is 0 Å². The van der Waals surface area contributed by atoms with E-state index >= 15 is 0 Å². The smallest absolute Gasteiger partial charge is 0.311 e. The number of allylic oxidation sites excluding steroid dienone is 2. The van der Waals surface area contributed by atoms with Crippen molar-refractivity contribution in [3.63, 3.8) is 0 Å². The molecule has 2 N–H and O–H groups in total. The van der Waals surface area contributed by atoms with Crippen LogP contribution in [0.5, 0.6) is 0 Å². The molecule has 0 heterocycles. The molecule has 0 aliphatic rings. The lowest BCUT2D eigenvalue weighted by molar-refractivity contribution is -0.934. The zero-order valence-corrected chi connectivity index (χ0v) is 22.7. The largest absolute Gasteiger partial charge is 0.550 e. The molecule has 204 valence electrons. The van der Waals surface area contributed by atoms with Crippen LogP contribution in [0.25, 0.3) is 0 Å². The SMILES string of the molecule is CC/C=C/CCCCCCCCCCCC[N+](CC(C)C(=O)[O-])(CC(C)C(=O)O)CC(C)C(=O)O. The highest BCUT2D eigenvalue weighted by molar-refractivity contribution is 5.70. The van der Waals surface area contributed by atoms with E-state index in [1.54, 1.807) is 20.8 Å². The number of carbonyl (C=O) groups is 3. The predicted octanol–water partition coefficient (Wildman–Crippen LogP) is 4.89. The number of aliphatic carboxylic acids is 3. The van der Waals surface area contributed by atoms with Crippen LogP contribution in [0.4, 0.5) is 0 Å². The molecule has 0 fully saturated rings. The van der Waals surface area contributed by atoms with Gasteiger partial charge in [-0.2, -0.15) is 0 Å². The molecular weight excluding hydrogens is 446 g/mol. The summed E-state index contributed by atoms with van der Waals surface area (Å²) in [6.45, 7) is 8.13. The van der Waals surface area contributed by atoms with E-state index in [0.717, 1.165) is 32.1 Å². The van der Waals surface area contributed by atoms with Gasteiger partial charge in [-0.3, -0.25) is 9.59 Å². The summed E-state index contributed by atoms with van der Waals surface area (Å²) < 4.78 is 0.184. The predicted molar refractivity (Wildman–Crippen MR) is 138 cm³/mol. The first kappa shape index (κ1) is 33.1. The molecule has 0 saturated carbocycles. The highest BCUT2D eigenvalue weighted by Crippen LogP contribution is 2.22. The fourth-order valence-electron chi connectivity index (χ4n) is 4.88. The molecule has 0 spiro atoms. The van der Waals surface area contributed by atoms with Gasteiger partial charge in [0.25, 0.3) is 0 Å². The van der Waals surface area contributed by atoms with Crippen molar-refractivity contribution in [2.45, 2.75) is 105 Å². The molecule has 0 aromatic heterocycles. The van der Waals surface area contributed by atoms with Crippen molar-refractivity contribution >= 4 is 17.9 Å². The first-order valence-corrected chi connectivity index (χ1v) is 13.7. The van der Waals surface area contributed by atoms with Gasteiger partial charge in [0, 0.05) is 11.9 Å². The van der Waals surface area contributed by atoms with Gasteiger partial charge < -0.3 is 24.6 Å². The molecule has 3 unspecified atom stereocenters. The van der Waals surface area contributed by atoms with E-state index in [2.05, 4.69) is 19.1 Å². The quantitative estimate of drug-likeness (QED) is 0.118. The molecule has 7 heteroatoms. The fourth-order valence-corrected chi connectivity index (χ4v) is 4.88. The van der Waals surface area contributed by atoms with Crippen molar-refractivity contribution in [1.82, 2.24) is 0 Å². The summed E-state index contributed by atoms with van der Waals surface area (Å²) in [6.07, 6.45) is 18.4. The van der Waals surface area contributed by atoms with E-state index in [1.165, 1.54) is 44.9 Å². The summed E-state index contributed by atoms with van der Waals surface area (Å²) in [5, 5.41) is 30.4. The third-order valence-electron chi connectivity index (χ3n) is 6.88. The zero-order chi connectivity index (χ0) is 26.7. The highest BCUT2D eigenvalue weighted by Gasteiger charge is 2.36. The van der Waals surface area contributed by atoms with E-state index in [9.17, 15) is 29.7 Å². The van der Waals surface area contributed by atoms with Gasteiger partial charge in [0.1, 0.15) is 11.8 Å². The molecule has 0 saturated heterocycles. The molecule has 35 heavy (non-hydrogen) atoms. The lowest BCUT2D eigenvalue weighted by atomic mass is 10.00. The summed E-state index contributed by atoms with van der Waals surface area (Å²) in [5.41, 5.74) is 0. The number of unbranched alkanes of at least 4 members (excludes halogenated alkanes) is 10. The van der Waals surface area contributed by atoms with Gasteiger partial charge in [0.05, 0.1) is 26.2 Å². The maximum absolute atomic E-state index is 11.6. The molecule has 7 nitrogen and oxygen atoms in total. The van der Waals surface area contributed by atoms with Crippen LogP contribution in [0.3, 0.4) is 0 Å². The molecule has 0 aliphatic carbocycles. The third-order valence-corrected chi connectivity index (χ3v) is 6.88. The van der Waals surface area contributed by atoms with E-state index in [-0.39, 0.29) is 24.1 Å². The molecule has 0 rings (SSSR count). The summed E-state index contributed by atoms with van der Waals surface area (Å²) in [6, 6.07) is 0. The number of hydrogen-bond donors (Lipinski definition) is 2. The van der Waals surface area contributed by atoms with Crippen molar-refractivity contribution in [3.05, 3.63) is 12.2 Å². The van der Waals surface area contributed by atoms with Crippen LogP contribution < -0.4 is 5.11 Å². The number of rotatable bonds is 23. The van der Waals surface area contributed by atoms with Gasteiger partial charge in [-0.25, -0.2) is 0 Å². The molecule has 0 aromatic rings. The van der Waals surface area contributed by atoms with Crippen LogP contribution in [0.2, 0.25) is 0 Å². The molecule has 0 radical (unpaired) electrons. The molecule has 0 bridgehead atoms. The van der Waals surface area contributed by atoms with Crippen LogP contribution in [-0.4, -0.2) is 58.8 Å². The Hall–Kier alpha value is -1.89. The normalized spacial score (nSPS) is 16.0. The van der Waals surface area contributed by atoms with Crippen molar-refractivity contribution in [3.8, 4) is 0 Å². The summed E-state index contributed by atoms with van der Waals surface area (Å²) in [5.74, 6) is -5.24. The maximum atomic E-state index is 11.6. The molecule has 0 aromatic carbocycles. The molecule has 0 aliphatic heterocycles. The summed E-state index contributed by atoms with van der Waals surface area (Å²) in [4.78, 5) is 34.6. The summed E-state index contributed by atoms with van der Waals surface area (Å²) in [7, 11) is 0. The first-order valence-electron chi connectivity index (χ1n) is 13.7. The highest BCUT2D eigenvalue weighted by atomic mass is 16.4. The number of carbonyl (C=O) groups excluding carboxylic acids is 1. The Balaban J connectivity index is 4.64. The monoisotopic (exact) mass is 497 g/mol. The number of hydrogen-bond acceptors (Lipinski definition) is 4. The number of nitrogens with zero attached hydrogens (tertiary/aromatic N) is 1. The lowest BCUT2D eigenvalue weighted by Gasteiger charge is -2.43. The minimum absolute atomic E-state index is 0.184. The second-order valence-corrected chi connectivity index (χ2v) is 10.5. The van der Waals surface area contributed by atoms with Gasteiger partial charge in [0.15, 0.2) is 0 Å². The van der Waals surface area contributed by atoms with Gasteiger partial charge in [-0.05, 0) is 46.0 Å². The van der Waals surface area contributed by atoms with Crippen LogP contribution in [0, 0.1) is 17.8 Å². The average Bonchev–Trinajstić information content (AvgIpc) is 2.78. The topological polar surface area (TPSA) is 115 Å². The Morgan fingerprint density at radius 1 is 0.686 bits per heavy atom. The molecular formula is C28H51NO6. The van der Waals surface area contributed by atoms with E-state index in [1.807, 2.05) is 0 Å². The van der Waals surface area contributed by atoms with E-state index in [0.29, 0.717) is 6.54 Å². The number of carboxylic acid groups (broad SMARTS) is 3. The van der Waals surface area contributed by atoms with Crippen molar-refractivity contribution in [2.24, 2.45) is 17.8 Å². The van der Waals surface area contributed by atoms with E-state index < -0.39 is 35.7 Å². The standard InChI is InChI=1S/C28H51NO6/c1-5-6-7-8-9-10-11-12-13-14-15-16-17-18-19-29(20-23(2)26(30)31,21-24(3)27(32)33)22-25(4)28(34)35/h6-7,23-25H,5,8-22H2,1-4H3,(H2-,30,31,32,33,34,35)/b7-6+. The van der Waals surface area contributed by atoms with Crippen molar-refractivity contribution < 1.29 is 34.2 Å². The first-order chi connectivity index (χ1) is 16.5. The van der Waals surface area contributed by atoms with Crippen LogP contribution in [-0.2, 0) is 14.4 Å². The lowest BCUT2D eigenvalue weighted by Crippen LogP contribution is -2.58. The Labute approximate surface area is 213 Å². The second kappa shape index (κ2) is 19.3. The number of quaternary nitrogens is 1. The number of carboxylic acids is 3. The average molecular weight is 498 g/mol. The summed E-state index contributed by atoms with van der Waals surface area (Å²) >= 11 is 0. The molecule has 0 amide bonds. The van der Waals surface area contributed by atoms with Crippen molar-refractivity contribution in [2.75, 3.05) is 26.2 Å². The van der Waals surface area contributed by atoms with Gasteiger partial charge >= 0.3 is 11.9 Å².